The summed E-state index contributed by atoms with van der Waals surface area (Å²) in [5.41, 5.74) is -1.04. The Hall–Kier alpha value is -1.22. The minimum atomic E-state index is -3.18. The highest BCUT2D eigenvalue weighted by Gasteiger charge is 2.45. The lowest BCUT2D eigenvalue weighted by atomic mass is 9.92. The van der Waals surface area contributed by atoms with Crippen LogP contribution in [0.1, 0.15) is 25.8 Å². The average molecular weight is 226 g/mol. The fraction of sp³-hybridized carbons (Fsp3) is 0.385. The van der Waals surface area contributed by atoms with Gasteiger partial charge in [0, 0.05) is 6.42 Å². The van der Waals surface area contributed by atoms with E-state index < -0.39 is 17.9 Å². The van der Waals surface area contributed by atoms with E-state index in [1.54, 1.807) is 24.3 Å². The first-order valence-electron chi connectivity index (χ1n) is 5.07. The summed E-state index contributed by atoms with van der Waals surface area (Å²) >= 11 is 0. The molecule has 0 fully saturated rings. The van der Waals surface area contributed by atoms with Gasteiger partial charge in [-0.2, -0.15) is 0 Å². The van der Waals surface area contributed by atoms with Crippen LogP contribution in [0, 0.1) is 0 Å². The topological polar surface area (TPSA) is 20.2 Å². The molecule has 0 aliphatic heterocycles. The van der Waals surface area contributed by atoms with E-state index in [0.717, 1.165) is 13.8 Å². The molecule has 0 saturated carbocycles. The lowest BCUT2D eigenvalue weighted by Gasteiger charge is -2.29. The van der Waals surface area contributed by atoms with Crippen LogP contribution in [-0.4, -0.2) is 16.6 Å². The second-order valence-corrected chi connectivity index (χ2v) is 4.41. The van der Waals surface area contributed by atoms with E-state index in [-0.39, 0.29) is 0 Å². The molecule has 0 spiro atoms. The number of halogens is 2. The van der Waals surface area contributed by atoms with E-state index in [1.165, 1.54) is 0 Å². The third-order valence-electron chi connectivity index (χ3n) is 2.51. The van der Waals surface area contributed by atoms with Gasteiger partial charge in [0.1, 0.15) is 5.60 Å². The van der Waals surface area contributed by atoms with Crippen molar-refractivity contribution in [3.63, 3.8) is 0 Å². The highest BCUT2D eigenvalue weighted by molar-refractivity contribution is 5.63. The molecule has 16 heavy (non-hydrogen) atoms. The Balaban J connectivity index is 2.80. The standard InChI is InChI=1S/C13H16F2O/c1-10(11-7-5-4-6-8-11)9-13(14,15)12(2,3)16/h4-8,16H,1,9H2,2-3H3. The number of alkyl halides is 2. The Bertz CT molecular complexity index is 363. The van der Waals surface area contributed by atoms with Gasteiger partial charge in [-0.3, -0.25) is 0 Å². The summed E-state index contributed by atoms with van der Waals surface area (Å²) in [5, 5.41) is 9.35. The zero-order valence-electron chi connectivity index (χ0n) is 9.50. The molecule has 1 aromatic rings. The molecule has 0 aliphatic carbocycles. The molecule has 0 bridgehead atoms. The number of hydrogen-bond donors (Lipinski definition) is 1. The highest BCUT2D eigenvalue weighted by atomic mass is 19.3. The van der Waals surface area contributed by atoms with Crippen LogP contribution in [0.25, 0.3) is 5.57 Å². The zero-order chi connectivity index (χ0) is 12.4. The Kier molecular flexibility index (Phi) is 3.48. The molecule has 1 aromatic carbocycles. The monoisotopic (exact) mass is 226 g/mol. The van der Waals surface area contributed by atoms with Crippen molar-refractivity contribution in [1.29, 1.82) is 0 Å². The van der Waals surface area contributed by atoms with E-state index in [2.05, 4.69) is 6.58 Å². The van der Waals surface area contributed by atoms with Crippen LogP contribution in [0.15, 0.2) is 36.9 Å². The summed E-state index contributed by atoms with van der Waals surface area (Å²) in [6, 6.07) is 8.79. The molecular formula is C13H16F2O. The number of rotatable bonds is 4. The van der Waals surface area contributed by atoms with E-state index >= 15 is 0 Å². The van der Waals surface area contributed by atoms with Crippen LogP contribution >= 0.6 is 0 Å². The van der Waals surface area contributed by atoms with Gasteiger partial charge < -0.3 is 5.11 Å². The number of allylic oxidation sites excluding steroid dienone is 1. The van der Waals surface area contributed by atoms with E-state index in [1.807, 2.05) is 6.07 Å². The summed E-state index contributed by atoms with van der Waals surface area (Å²) in [4.78, 5) is 0. The molecule has 1 rings (SSSR count). The first kappa shape index (κ1) is 12.8. The smallest absolute Gasteiger partial charge is 0.279 e. The number of hydrogen-bond acceptors (Lipinski definition) is 1. The van der Waals surface area contributed by atoms with Gasteiger partial charge in [0.2, 0.25) is 0 Å². The average Bonchev–Trinajstić information content (AvgIpc) is 2.16. The third kappa shape index (κ3) is 2.89. The largest absolute Gasteiger partial charge is 0.384 e. The quantitative estimate of drug-likeness (QED) is 0.833. The maximum absolute atomic E-state index is 13.6. The Labute approximate surface area is 94.4 Å². The van der Waals surface area contributed by atoms with Crippen LogP contribution in [0.2, 0.25) is 0 Å². The molecule has 0 heterocycles. The summed E-state index contributed by atoms with van der Waals surface area (Å²) in [6.07, 6.45) is -0.541. The summed E-state index contributed by atoms with van der Waals surface area (Å²) in [5.74, 6) is -3.18. The van der Waals surface area contributed by atoms with Gasteiger partial charge in [-0.15, -0.1) is 0 Å². The second kappa shape index (κ2) is 4.34. The Morgan fingerprint density at radius 3 is 2.19 bits per heavy atom. The van der Waals surface area contributed by atoms with Crippen LogP contribution in [-0.2, 0) is 0 Å². The predicted molar refractivity (Wildman–Crippen MR) is 61.3 cm³/mol. The fourth-order valence-electron chi connectivity index (χ4n) is 1.26. The van der Waals surface area contributed by atoms with Crippen LogP contribution in [0.5, 0.6) is 0 Å². The SMILES string of the molecule is C=C(CC(F)(F)C(C)(C)O)c1ccccc1. The highest BCUT2D eigenvalue weighted by Crippen LogP contribution is 2.36. The summed E-state index contributed by atoms with van der Waals surface area (Å²) in [6.45, 7) is 5.84. The van der Waals surface area contributed by atoms with Crippen molar-refractivity contribution in [2.24, 2.45) is 0 Å². The second-order valence-electron chi connectivity index (χ2n) is 4.41. The fourth-order valence-corrected chi connectivity index (χ4v) is 1.26. The minimum Gasteiger partial charge on any atom is -0.384 e. The van der Waals surface area contributed by atoms with E-state index in [9.17, 15) is 13.9 Å². The molecule has 0 unspecified atom stereocenters. The Morgan fingerprint density at radius 2 is 1.75 bits per heavy atom. The lowest BCUT2D eigenvalue weighted by Crippen LogP contribution is -2.42. The molecule has 0 amide bonds. The van der Waals surface area contributed by atoms with Crippen molar-refractivity contribution < 1.29 is 13.9 Å². The van der Waals surface area contributed by atoms with Crippen LogP contribution < -0.4 is 0 Å². The van der Waals surface area contributed by atoms with Crippen LogP contribution in [0.4, 0.5) is 8.78 Å². The first-order valence-corrected chi connectivity index (χ1v) is 5.07. The van der Waals surface area contributed by atoms with Gasteiger partial charge in [-0.05, 0) is 25.0 Å². The minimum absolute atomic E-state index is 0.327. The molecule has 0 aliphatic rings. The zero-order valence-corrected chi connectivity index (χ0v) is 9.50. The summed E-state index contributed by atoms with van der Waals surface area (Å²) in [7, 11) is 0. The van der Waals surface area contributed by atoms with Crippen LogP contribution in [0.3, 0.4) is 0 Å². The first-order chi connectivity index (χ1) is 7.24. The maximum atomic E-state index is 13.6. The van der Waals surface area contributed by atoms with Gasteiger partial charge in [0.25, 0.3) is 5.92 Å². The molecule has 1 N–H and O–H groups in total. The van der Waals surface area contributed by atoms with Crippen molar-refractivity contribution in [2.75, 3.05) is 0 Å². The van der Waals surface area contributed by atoms with Gasteiger partial charge in [0.05, 0.1) is 0 Å². The number of benzene rings is 1. The normalized spacial score (nSPS) is 12.6. The van der Waals surface area contributed by atoms with Crippen molar-refractivity contribution in [1.82, 2.24) is 0 Å². The van der Waals surface area contributed by atoms with Crippen molar-refractivity contribution in [3.8, 4) is 0 Å². The molecule has 0 atom stereocenters. The Morgan fingerprint density at radius 1 is 1.25 bits per heavy atom. The molecule has 0 aromatic heterocycles. The molecule has 1 nitrogen and oxygen atoms in total. The van der Waals surface area contributed by atoms with Crippen molar-refractivity contribution >= 4 is 5.57 Å². The van der Waals surface area contributed by atoms with Gasteiger partial charge >= 0.3 is 0 Å². The molecule has 0 saturated heterocycles. The molecular weight excluding hydrogens is 210 g/mol. The van der Waals surface area contributed by atoms with Gasteiger partial charge in [-0.1, -0.05) is 36.9 Å². The molecule has 0 radical (unpaired) electrons. The molecule has 3 heteroatoms. The van der Waals surface area contributed by atoms with Crippen molar-refractivity contribution in [3.05, 3.63) is 42.5 Å². The maximum Gasteiger partial charge on any atom is 0.279 e. The third-order valence-corrected chi connectivity index (χ3v) is 2.51. The number of aliphatic hydroxyl groups is 1. The van der Waals surface area contributed by atoms with E-state index in [4.69, 9.17) is 0 Å². The predicted octanol–water partition coefficient (Wildman–Crippen LogP) is 3.50. The van der Waals surface area contributed by atoms with Gasteiger partial charge in [-0.25, -0.2) is 8.78 Å². The summed E-state index contributed by atoms with van der Waals surface area (Å²) < 4.78 is 27.1. The van der Waals surface area contributed by atoms with Gasteiger partial charge in [0.15, 0.2) is 0 Å². The molecule has 88 valence electrons. The van der Waals surface area contributed by atoms with E-state index in [0.29, 0.717) is 11.1 Å². The lowest BCUT2D eigenvalue weighted by molar-refractivity contribution is -0.157. The van der Waals surface area contributed by atoms with Crippen molar-refractivity contribution in [2.45, 2.75) is 31.8 Å².